The first kappa shape index (κ1) is 39.3. The third-order valence-electron chi connectivity index (χ3n) is 11.0. The molecule has 0 saturated heterocycles. The number of benzene rings is 4. The van der Waals surface area contributed by atoms with Crippen molar-refractivity contribution in [3.05, 3.63) is 139 Å². The van der Waals surface area contributed by atoms with Crippen LogP contribution in [-0.4, -0.2) is 27.4 Å². The second-order valence-electron chi connectivity index (χ2n) is 14.5. The molecule has 0 atom stereocenters. The zero-order valence-electron chi connectivity index (χ0n) is 30.5. The maximum absolute atomic E-state index is 5.67. The Kier molecular flexibility index (Phi) is 16.3. The quantitative estimate of drug-likeness (QED) is 0.105. The molecule has 0 amide bonds. The summed E-state index contributed by atoms with van der Waals surface area (Å²) in [6, 6.07) is 40.6. The fourth-order valence-electron chi connectivity index (χ4n) is 8.52. The second kappa shape index (κ2) is 21.5. The Morgan fingerprint density at radius 1 is 0.538 bits per heavy atom. The molecule has 7 heteroatoms. The van der Waals surface area contributed by atoms with Gasteiger partial charge in [-0.15, -0.1) is 6.67 Å². The van der Waals surface area contributed by atoms with Gasteiger partial charge < -0.3 is 9.91 Å². The molecular formula is C45H56Cl2N3PRu. The normalized spacial score (nSPS) is 18.8. The van der Waals surface area contributed by atoms with E-state index in [1.165, 1.54) is 17.0 Å². The molecule has 0 bridgehead atoms. The summed E-state index contributed by atoms with van der Waals surface area (Å²) in [4.78, 5) is 2.11. The summed E-state index contributed by atoms with van der Waals surface area (Å²) in [6.07, 6.45) is 23.8. The summed E-state index contributed by atoms with van der Waals surface area (Å²) in [5, 5.41) is 6.72. The van der Waals surface area contributed by atoms with Crippen LogP contribution in [0, 0.1) is 6.67 Å². The van der Waals surface area contributed by atoms with Gasteiger partial charge in [-0.1, -0.05) is 86.0 Å². The Bertz CT molecular complexity index is 1590. The van der Waals surface area contributed by atoms with Gasteiger partial charge in [-0.2, -0.15) is 5.10 Å². The van der Waals surface area contributed by atoms with Gasteiger partial charge >= 0.3 is 73.4 Å². The molecule has 3 saturated carbocycles. The number of halogens is 2. The summed E-state index contributed by atoms with van der Waals surface area (Å²) in [5.41, 5.74) is 8.02. The first-order valence-corrected chi connectivity index (χ1v) is 26.8. The molecule has 0 N–H and O–H groups in total. The van der Waals surface area contributed by atoms with Gasteiger partial charge in [-0.3, -0.25) is 0 Å². The van der Waals surface area contributed by atoms with Gasteiger partial charge in [-0.05, 0) is 101 Å². The molecule has 52 heavy (non-hydrogen) atoms. The average molecular weight is 842 g/mol. The summed E-state index contributed by atoms with van der Waals surface area (Å²) >= 11 is -1.61. The maximum Gasteiger partial charge on any atom is 0.129 e. The minimum Gasteiger partial charge on any atom is -0.456 e. The van der Waals surface area contributed by atoms with E-state index < -0.39 is 13.5 Å². The Hall–Kier alpha value is -2.35. The number of rotatable bonds is 7. The molecule has 278 valence electrons. The van der Waals surface area contributed by atoms with Crippen molar-refractivity contribution in [1.82, 2.24) is 0 Å². The Labute approximate surface area is 328 Å². The number of hydrazone groups is 1. The molecule has 3 fully saturated rings. The molecule has 3 nitrogen and oxygen atoms in total. The molecule has 8 rings (SSSR count). The third-order valence-corrected chi connectivity index (χ3v) is 17.4. The van der Waals surface area contributed by atoms with Crippen LogP contribution in [0.2, 0.25) is 0 Å². The minimum absolute atomic E-state index is 0.0465. The van der Waals surface area contributed by atoms with E-state index in [-0.39, 0.29) is 7.92 Å². The summed E-state index contributed by atoms with van der Waals surface area (Å²) in [7, 11) is 11.3. The average Bonchev–Trinajstić information content (AvgIpc) is 3.67. The van der Waals surface area contributed by atoms with Crippen molar-refractivity contribution < 1.29 is 13.5 Å². The first-order valence-electron chi connectivity index (χ1n) is 19.6. The van der Waals surface area contributed by atoms with Crippen molar-refractivity contribution in [3.63, 3.8) is 0 Å². The molecule has 4 aromatic rings. The van der Waals surface area contributed by atoms with Crippen LogP contribution in [0.3, 0.4) is 0 Å². The van der Waals surface area contributed by atoms with Crippen LogP contribution in [-0.2, 0) is 13.5 Å². The van der Waals surface area contributed by atoms with E-state index in [1.54, 1.807) is 96.3 Å². The number of para-hydroxylation sites is 2. The van der Waals surface area contributed by atoms with E-state index in [4.69, 9.17) is 24.5 Å². The van der Waals surface area contributed by atoms with E-state index in [9.17, 15) is 0 Å². The fraction of sp³-hybridized carbons (Fsp3) is 0.400. The summed E-state index contributed by atoms with van der Waals surface area (Å²) < 4.78 is 1.92. The second-order valence-corrected chi connectivity index (χ2v) is 23.7. The van der Waals surface area contributed by atoms with Gasteiger partial charge in [0.15, 0.2) is 0 Å². The molecule has 0 unspecified atom stereocenters. The molecule has 3 aliphatic carbocycles. The SMILES string of the molecule is C1CCC([PH+](C2CCCCC2)C2CCCCC2)CC1.[Cl][Ru]([Cl])=[CH]c1ccccc1.c1ccc(C2=NN(c3ccccc3)[CH-]N2c2ccccc2)cc1. The molecule has 4 aliphatic rings. The van der Waals surface area contributed by atoms with E-state index in [2.05, 4.69) is 41.3 Å². The zero-order chi connectivity index (χ0) is 35.8. The van der Waals surface area contributed by atoms with E-state index >= 15 is 0 Å². The fourth-order valence-corrected chi connectivity index (χ4v) is 15.6. The van der Waals surface area contributed by atoms with E-state index in [0.29, 0.717) is 0 Å². The van der Waals surface area contributed by atoms with Crippen LogP contribution in [0.5, 0.6) is 0 Å². The molecule has 1 aliphatic heterocycles. The number of amidine groups is 1. The first-order chi connectivity index (χ1) is 25.7. The third kappa shape index (κ3) is 11.8. The van der Waals surface area contributed by atoms with Gasteiger partial charge in [0.2, 0.25) is 0 Å². The van der Waals surface area contributed by atoms with Crippen LogP contribution in [0.25, 0.3) is 0 Å². The van der Waals surface area contributed by atoms with Crippen molar-refractivity contribution in [2.75, 3.05) is 9.91 Å². The summed E-state index contributed by atoms with van der Waals surface area (Å²) in [5.74, 6) is 0.917. The molecule has 4 aromatic carbocycles. The van der Waals surface area contributed by atoms with Crippen molar-refractivity contribution in [1.29, 1.82) is 0 Å². The van der Waals surface area contributed by atoms with Crippen molar-refractivity contribution in [2.45, 2.75) is 113 Å². The Morgan fingerprint density at radius 2 is 0.942 bits per heavy atom. The van der Waals surface area contributed by atoms with E-state index in [1.807, 2.05) is 101 Å². The number of nitrogens with zero attached hydrogens (tertiary/aromatic N) is 3. The molecule has 0 radical (unpaired) electrons. The minimum atomic E-state index is -1.61. The number of hydrogen-bond donors (Lipinski definition) is 0. The standard InChI is InChI=1S/C20H16N3.C18H33P.C7H6.2ClH.Ru/c1-4-10-17(11-5-1)20-21-23(19-14-8-3-9-15-19)16-22(20)18-12-6-2-7-13-18;1-4-10-16(11-5-1)19(17-12-6-2-7-13-17)18-14-8-3-9-15-18;1-7-5-3-2-4-6-7;;;/h1-16H;16-18H,1-15H2;1-6H;2*1H;/q-1;;;;;+2/p-1. The molecule has 1 heterocycles. The predicted molar refractivity (Wildman–Crippen MR) is 227 cm³/mol. The Balaban J connectivity index is 0.000000144. The van der Waals surface area contributed by atoms with Crippen LogP contribution < -0.4 is 9.91 Å². The monoisotopic (exact) mass is 841 g/mol. The Morgan fingerprint density at radius 3 is 1.38 bits per heavy atom. The van der Waals surface area contributed by atoms with Crippen LogP contribution in [0.15, 0.2) is 126 Å². The summed E-state index contributed by atoms with van der Waals surface area (Å²) in [6.45, 7) is 2.02. The van der Waals surface area contributed by atoms with Gasteiger partial charge in [0, 0.05) is 24.9 Å². The van der Waals surface area contributed by atoms with Crippen LogP contribution in [0.4, 0.5) is 11.4 Å². The van der Waals surface area contributed by atoms with Gasteiger partial charge in [0.1, 0.15) is 5.84 Å². The van der Waals surface area contributed by atoms with Gasteiger partial charge in [-0.25, -0.2) is 0 Å². The predicted octanol–water partition coefficient (Wildman–Crippen LogP) is 13.5. The largest absolute Gasteiger partial charge is 0.456 e. The molecule has 0 aromatic heterocycles. The molecular weight excluding hydrogens is 785 g/mol. The molecule has 0 spiro atoms. The van der Waals surface area contributed by atoms with Gasteiger partial charge in [0.25, 0.3) is 0 Å². The smallest absolute Gasteiger partial charge is 0.129 e. The van der Waals surface area contributed by atoms with E-state index in [0.717, 1.165) is 28.3 Å². The van der Waals surface area contributed by atoms with Crippen LogP contribution >= 0.6 is 27.3 Å². The zero-order valence-corrected chi connectivity index (χ0v) is 34.7. The maximum atomic E-state index is 5.67. The number of anilines is 2. The number of hydrogen-bond acceptors (Lipinski definition) is 3. The van der Waals surface area contributed by atoms with Crippen molar-refractivity contribution in [2.24, 2.45) is 5.10 Å². The van der Waals surface area contributed by atoms with Crippen molar-refractivity contribution in [3.8, 4) is 0 Å². The van der Waals surface area contributed by atoms with Gasteiger partial charge in [0.05, 0.1) is 17.0 Å². The van der Waals surface area contributed by atoms with Crippen LogP contribution in [0.1, 0.15) is 107 Å². The topological polar surface area (TPSA) is 18.8 Å². The van der Waals surface area contributed by atoms with Crippen molar-refractivity contribution >= 4 is 49.1 Å².